The standard InChI is InChI=1S/C16H32O4S/c1-4-5-6-7-8-9-10-11-12-13-14-21(19,20)16(2,3)15(17)18/h4-14H2,1-3H3,(H,17,18). The molecule has 0 aromatic rings. The van der Waals surface area contributed by atoms with Crippen LogP contribution in [-0.2, 0) is 14.6 Å². The molecule has 21 heavy (non-hydrogen) atoms. The first-order valence-corrected chi connectivity index (χ1v) is 9.86. The number of sulfone groups is 1. The fourth-order valence-corrected chi connectivity index (χ4v) is 3.53. The Morgan fingerprint density at radius 1 is 0.857 bits per heavy atom. The summed E-state index contributed by atoms with van der Waals surface area (Å²) < 4.78 is 22.2. The van der Waals surface area contributed by atoms with Gasteiger partial charge in [-0.25, -0.2) is 8.42 Å². The molecule has 0 aliphatic rings. The molecule has 0 amide bonds. The van der Waals surface area contributed by atoms with Crippen LogP contribution in [-0.4, -0.2) is 30.0 Å². The number of carboxylic acid groups (broad SMARTS) is 1. The molecule has 0 rings (SSSR count). The van der Waals surface area contributed by atoms with Crippen molar-refractivity contribution >= 4 is 15.8 Å². The molecule has 4 nitrogen and oxygen atoms in total. The number of carbonyl (C=O) groups is 1. The zero-order chi connectivity index (χ0) is 16.4. The lowest BCUT2D eigenvalue weighted by Gasteiger charge is -2.19. The Bertz CT molecular complexity index is 385. The van der Waals surface area contributed by atoms with E-state index in [9.17, 15) is 13.2 Å². The first-order chi connectivity index (χ1) is 9.75. The minimum absolute atomic E-state index is 0.0250. The molecule has 0 saturated heterocycles. The highest BCUT2D eigenvalue weighted by Gasteiger charge is 2.41. The second kappa shape index (κ2) is 10.2. The molecule has 0 aromatic carbocycles. The van der Waals surface area contributed by atoms with Crippen LogP contribution in [0.25, 0.3) is 0 Å². The average Bonchev–Trinajstić information content (AvgIpc) is 2.40. The van der Waals surface area contributed by atoms with Crippen molar-refractivity contribution in [3.05, 3.63) is 0 Å². The Morgan fingerprint density at radius 2 is 1.24 bits per heavy atom. The molecular formula is C16H32O4S. The predicted molar refractivity (Wildman–Crippen MR) is 87.3 cm³/mol. The molecule has 0 radical (unpaired) electrons. The van der Waals surface area contributed by atoms with E-state index in [-0.39, 0.29) is 5.75 Å². The van der Waals surface area contributed by atoms with Crippen molar-refractivity contribution in [3.8, 4) is 0 Å². The molecule has 0 fully saturated rings. The van der Waals surface area contributed by atoms with Gasteiger partial charge in [-0.15, -0.1) is 0 Å². The maximum absolute atomic E-state index is 11.9. The van der Waals surface area contributed by atoms with Crippen LogP contribution >= 0.6 is 0 Å². The molecule has 0 unspecified atom stereocenters. The first kappa shape index (κ1) is 20.4. The monoisotopic (exact) mass is 320 g/mol. The van der Waals surface area contributed by atoms with Crippen molar-refractivity contribution in [2.75, 3.05) is 5.75 Å². The van der Waals surface area contributed by atoms with Gasteiger partial charge in [-0.3, -0.25) is 4.79 Å². The first-order valence-electron chi connectivity index (χ1n) is 8.21. The van der Waals surface area contributed by atoms with Crippen LogP contribution in [0.15, 0.2) is 0 Å². The fraction of sp³-hybridized carbons (Fsp3) is 0.938. The van der Waals surface area contributed by atoms with Gasteiger partial charge in [0.1, 0.15) is 0 Å². The molecule has 0 atom stereocenters. The van der Waals surface area contributed by atoms with Crippen LogP contribution in [0.3, 0.4) is 0 Å². The molecule has 0 aliphatic carbocycles. The maximum atomic E-state index is 11.9. The number of hydrogen-bond donors (Lipinski definition) is 1. The summed E-state index contributed by atoms with van der Waals surface area (Å²) in [5, 5.41) is 8.96. The fourth-order valence-electron chi connectivity index (χ4n) is 2.17. The summed E-state index contributed by atoms with van der Waals surface area (Å²) in [6, 6.07) is 0. The Balaban J connectivity index is 3.70. The molecule has 5 heteroatoms. The van der Waals surface area contributed by atoms with E-state index in [1.807, 2.05) is 0 Å². The van der Waals surface area contributed by atoms with E-state index < -0.39 is 20.6 Å². The normalized spacial score (nSPS) is 12.5. The van der Waals surface area contributed by atoms with Gasteiger partial charge in [0.15, 0.2) is 14.6 Å². The van der Waals surface area contributed by atoms with Crippen LogP contribution in [0.4, 0.5) is 0 Å². The van der Waals surface area contributed by atoms with Crippen molar-refractivity contribution in [3.63, 3.8) is 0 Å². The summed E-state index contributed by atoms with van der Waals surface area (Å²) in [7, 11) is -3.57. The third kappa shape index (κ3) is 7.84. The van der Waals surface area contributed by atoms with Gasteiger partial charge in [0.2, 0.25) is 0 Å². The quantitative estimate of drug-likeness (QED) is 0.517. The molecule has 1 N–H and O–H groups in total. The van der Waals surface area contributed by atoms with Crippen molar-refractivity contribution in [1.82, 2.24) is 0 Å². The topological polar surface area (TPSA) is 71.4 Å². The summed E-state index contributed by atoms with van der Waals surface area (Å²) in [6.45, 7) is 4.74. The van der Waals surface area contributed by atoms with Crippen LogP contribution in [0.5, 0.6) is 0 Å². The van der Waals surface area contributed by atoms with E-state index in [1.54, 1.807) is 0 Å². The Kier molecular flexibility index (Phi) is 9.92. The van der Waals surface area contributed by atoms with Crippen molar-refractivity contribution in [2.45, 2.75) is 89.7 Å². The van der Waals surface area contributed by atoms with Crippen LogP contribution in [0.1, 0.15) is 85.0 Å². The van der Waals surface area contributed by atoms with E-state index in [1.165, 1.54) is 52.4 Å². The molecule has 0 heterocycles. The van der Waals surface area contributed by atoms with Gasteiger partial charge in [-0.2, -0.15) is 0 Å². The lowest BCUT2D eigenvalue weighted by molar-refractivity contribution is -0.139. The third-order valence-electron chi connectivity index (χ3n) is 4.06. The van der Waals surface area contributed by atoms with Crippen molar-refractivity contribution in [1.29, 1.82) is 0 Å². The number of unbranched alkanes of at least 4 members (excludes halogenated alkanes) is 9. The number of rotatable bonds is 13. The SMILES string of the molecule is CCCCCCCCCCCCS(=O)(=O)C(C)(C)C(=O)O. The van der Waals surface area contributed by atoms with Crippen molar-refractivity contribution < 1.29 is 18.3 Å². The molecular weight excluding hydrogens is 288 g/mol. The van der Waals surface area contributed by atoms with Crippen LogP contribution in [0, 0.1) is 0 Å². The maximum Gasteiger partial charge on any atom is 0.324 e. The Hall–Kier alpha value is -0.580. The van der Waals surface area contributed by atoms with Gasteiger partial charge in [0.05, 0.1) is 5.75 Å². The summed E-state index contributed by atoms with van der Waals surface area (Å²) in [4.78, 5) is 11.0. The lowest BCUT2D eigenvalue weighted by atomic mass is 10.1. The largest absolute Gasteiger partial charge is 0.480 e. The molecule has 0 saturated carbocycles. The smallest absolute Gasteiger partial charge is 0.324 e. The Morgan fingerprint density at radius 3 is 1.62 bits per heavy atom. The second-order valence-corrected chi connectivity index (χ2v) is 8.97. The van der Waals surface area contributed by atoms with Crippen LogP contribution < -0.4 is 0 Å². The molecule has 126 valence electrons. The zero-order valence-corrected chi connectivity index (χ0v) is 14.7. The molecule has 0 spiro atoms. The van der Waals surface area contributed by atoms with E-state index in [4.69, 9.17) is 5.11 Å². The Labute approximate surface area is 130 Å². The van der Waals surface area contributed by atoms with Gasteiger partial charge in [0, 0.05) is 0 Å². The van der Waals surface area contributed by atoms with Gasteiger partial charge in [-0.05, 0) is 20.3 Å². The van der Waals surface area contributed by atoms with E-state index >= 15 is 0 Å². The lowest BCUT2D eigenvalue weighted by Crippen LogP contribution is -2.41. The van der Waals surface area contributed by atoms with Crippen LogP contribution in [0.2, 0.25) is 0 Å². The highest BCUT2D eigenvalue weighted by atomic mass is 32.2. The zero-order valence-electron chi connectivity index (χ0n) is 13.9. The molecule has 0 aliphatic heterocycles. The number of carboxylic acids is 1. The predicted octanol–water partition coefficient (Wildman–Crippen LogP) is 4.19. The van der Waals surface area contributed by atoms with E-state index in [0.29, 0.717) is 6.42 Å². The van der Waals surface area contributed by atoms with E-state index in [2.05, 4.69) is 6.92 Å². The second-order valence-electron chi connectivity index (χ2n) is 6.32. The molecule has 0 bridgehead atoms. The minimum atomic E-state index is -3.57. The molecule has 0 aromatic heterocycles. The summed E-state index contributed by atoms with van der Waals surface area (Å²) in [5.41, 5.74) is 0. The van der Waals surface area contributed by atoms with Gasteiger partial charge >= 0.3 is 5.97 Å². The number of hydrogen-bond acceptors (Lipinski definition) is 3. The van der Waals surface area contributed by atoms with Gasteiger partial charge in [0.25, 0.3) is 0 Å². The number of aliphatic carboxylic acids is 1. The summed E-state index contributed by atoms with van der Waals surface area (Å²) >= 11 is 0. The summed E-state index contributed by atoms with van der Waals surface area (Å²) in [5.74, 6) is -1.29. The van der Waals surface area contributed by atoms with Gasteiger partial charge < -0.3 is 5.11 Å². The third-order valence-corrected chi connectivity index (χ3v) is 6.61. The average molecular weight is 320 g/mol. The van der Waals surface area contributed by atoms with E-state index in [0.717, 1.165) is 19.3 Å². The minimum Gasteiger partial charge on any atom is -0.480 e. The highest BCUT2D eigenvalue weighted by Crippen LogP contribution is 2.19. The highest BCUT2D eigenvalue weighted by molar-refractivity contribution is 7.93. The van der Waals surface area contributed by atoms with Gasteiger partial charge in [-0.1, -0.05) is 64.7 Å². The van der Waals surface area contributed by atoms with Crippen molar-refractivity contribution in [2.24, 2.45) is 0 Å². The summed E-state index contributed by atoms with van der Waals surface area (Å²) in [6.07, 6.45) is 11.3.